The van der Waals surface area contributed by atoms with Gasteiger partial charge < -0.3 is 9.84 Å². The average Bonchev–Trinajstić information content (AvgIpc) is 2.68. The van der Waals surface area contributed by atoms with Crippen LogP contribution in [0.1, 0.15) is 29.5 Å². The predicted octanol–water partition coefficient (Wildman–Crippen LogP) is 5.52. The van der Waals surface area contributed by atoms with E-state index in [-0.39, 0.29) is 12.0 Å². The summed E-state index contributed by atoms with van der Waals surface area (Å²) in [6.45, 7) is 0.338. The van der Waals surface area contributed by atoms with E-state index in [4.69, 9.17) is 4.74 Å². The van der Waals surface area contributed by atoms with Crippen LogP contribution in [0.3, 0.4) is 0 Å². The van der Waals surface area contributed by atoms with Gasteiger partial charge in [0.1, 0.15) is 5.76 Å². The summed E-state index contributed by atoms with van der Waals surface area (Å²) in [5, 5.41) is 9.42. The Morgan fingerprint density at radius 2 is 1.76 bits per heavy atom. The highest BCUT2D eigenvalue weighted by molar-refractivity contribution is 5.70. The van der Waals surface area contributed by atoms with Gasteiger partial charge in [0.2, 0.25) is 0 Å². The van der Waals surface area contributed by atoms with Gasteiger partial charge in [-0.1, -0.05) is 54.6 Å². The Morgan fingerprint density at radius 1 is 1.07 bits per heavy atom. The molecule has 0 fully saturated rings. The van der Waals surface area contributed by atoms with Crippen molar-refractivity contribution in [2.45, 2.75) is 30.9 Å². The zero-order chi connectivity index (χ0) is 20.9. The van der Waals surface area contributed by atoms with Gasteiger partial charge in [0.05, 0.1) is 18.6 Å². The molecule has 3 rings (SSSR count). The standard InChI is InChI=1S/C23H21F3O3/c24-23(25,26)20-11-5-4-10-19(20)22(16-21(27)28)13-6-9-18(15-22)29-14-12-17-7-2-1-3-8-17/h1-11,15H,12-14,16H2,(H,27,28). The van der Waals surface area contributed by atoms with E-state index in [2.05, 4.69) is 0 Å². The fourth-order valence-corrected chi connectivity index (χ4v) is 3.63. The minimum atomic E-state index is -4.58. The summed E-state index contributed by atoms with van der Waals surface area (Å²) >= 11 is 0. The van der Waals surface area contributed by atoms with Crippen molar-refractivity contribution in [1.29, 1.82) is 0 Å². The number of hydrogen-bond acceptors (Lipinski definition) is 2. The van der Waals surface area contributed by atoms with Crippen LogP contribution < -0.4 is 0 Å². The molecule has 0 aromatic heterocycles. The van der Waals surface area contributed by atoms with Crippen LogP contribution in [0.4, 0.5) is 13.2 Å². The van der Waals surface area contributed by atoms with Crippen molar-refractivity contribution in [3.63, 3.8) is 0 Å². The van der Waals surface area contributed by atoms with Crippen molar-refractivity contribution >= 4 is 5.97 Å². The Kier molecular flexibility index (Phi) is 6.11. The lowest BCUT2D eigenvalue weighted by molar-refractivity contribution is -0.141. The summed E-state index contributed by atoms with van der Waals surface area (Å²) < 4.78 is 46.5. The van der Waals surface area contributed by atoms with Crippen molar-refractivity contribution in [3.8, 4) is 0 Å². The van der Waals surface area contributed by atoms with Crippen LogP contribution in [0.5, 0.6) is 0 Å². The lowest BCUT2D eigenvalue weighted by Crippen LogP contribution is -2.31. The van der Waals surface area contributed by atoms with E-state index in [1.807, 2.05) is 30.3 Å². The van der Waals surface area contributed by atoms with E-state index in [0.29, 0.717) is 18.8 Å². The van der Waals surface area contributed by atoms with Crippen LogP contribution in [-0.4, -0.2) is 17.7 Å². The predicted molar refractivity (Wildman–Crippen MR) is 103 cm³/mol. The van der Waals surface area contributed by atoms with E-state index in [9.17, 15) is 23.1 Å². The van der Waals surface area contributed by atoms with Crippen molar-refractivity contribution in [2.24, 2.45) is 0 Å². The highest BCUT2D eigenvalue weighted by Gasteiger charge is 2.42. The zero-order valence-electron chi connectivity index (χ0n) is 15.7. The maximum absolute atomic E-state index is 13.6. The number of rotatable bonds is 7. The number of hydrogen-bond donors (Lipinski definition) is 1. The number of halogens is 3. The second-order valence-corrected chi connectivity index (χ2v) is 7.01. The second kappa shape index (κ2) is 8.55. The quantitative estimate of drug-likeness (QED) is 0.663. The van der Waals surface area contributed by atoms with Crippen LogP contribution >= 0.6 is 0 Å². The lowest BCUT2D eigenvalue weighted by Gasteiger charge is -2.34. The highest BCUT2D eigenvalue weighted by Crippen LogP contribution is 2.44. The molecule has 3 nitrogen and oxygen atoms in total. The van der Waals surface area contributed by atoms with E-state index in [0.717, 1.165) is 11.6 Å². The minimum absolute atomic E-state index is 0.0524. The van der Waals surface area contributed by atoms with Crippen LogP contribution in [0.15, 0.2) is 78.6 Å². The number of allylic oxidation sites excluding steroid dienone is 3. The van der Waals surface area contributed by atoms with Gasteiger partial charge in [-0.2, -0.15) is 13.2 Å². The monoisotopic (exact) mass is 402 g/mol. The van der Waals surface area contributed by atoms with Crippen LogP contribution in [-0.2, 0) is 27.5 Å². The van der Waals surface area contributed by atoms with Crippen LogP contribution in [0.2, 0.25) is 0 Å². The van der Waals surface area contributed by atoms with Crippen LogP contribution in [0, 0.1) is 0 Å². The molecule has 0 saturated carbocycles. The number of alkyl halides is 3. The molecule has 0 saturated heterocycles. The molecule has 0 amide bonds. The van der Waals surface area contributed by atoms with Gasteiger partial charge in [0.15, 0.2) is 0 Å². The molecule has 1 unspecified atom stereocenters. The van der Waals surface area contributed by atoms with Gasteiger partial charge in [-0.15, -0.1) is 0 Å². The Labute approximate surface area is 167 Å². The van der Waals surface area contributed by atoms with Gasteiger partial charge in [-0.3, -0.25) is 4.79 Å². The molecule has 1 aliphatic rings. The van der Waals surface area contributed by atoms with E-state index >= 15 is 0 Å². The lowest BCUT2D eigenvalue weighted by atomic mass is 9.71. The molecule has 0 bridgehead atoms. The molecule has 1 atom stereocenters. The molecule has 0 radical (unpaired) electrons. The number of aliphatic carboxylic acids is 1. The zero-order valence-corrected chi connectivity index (χ0v) is 15.7. The smallest absolute Gasteiger partial charge is 0.416 e. The minimum Gasteiger partial charge on any atom is -0.494 e. The summed E-state index contributed by atoms with van der Waals surface area (Å²) in [6, 6.07) is 14.8. The third-order valence-electron chi connectivity index (χ3n) is 4.92. The molecule has 1 N–H and O–H groups in total. The van der Waals surface area contributed by atoms with Crippen molar-refractivity contribution in [2.75, 3.05) is 6.61 Å². The molecular formula is C23H21F3O3. The molecule has 2 aromatic rings. The van der Waals surface area contributed by atoms with E-state index in [1.54, 1.807) is 12.2 Å². The van der Waals surface area contributed by atoms with Crippen molar-refractivity contribution in [1.82, 2.24) is 0 Å². The maximum Gasteiger partial charge on any atom is 0.416 e. The molecule has 0 heterocycles. The fourth-order valence-electron chi connectivity index (χ4n) is 3.63. The maximum atomic E-state index is 13.6. The van der Waals surface area contributed by atoms with Gasteiger partial charge in [-0.25, -0.2) is 0 Å². The van der Waals surface area contributed by atoms with E-state index in [1.165, 1.54) is 24.3 Å². The molecule has 0 aliphatic heterocycles. The summed E-state index contributed by atoms with van der Waals surface area (Å²) in [6.07, 6.45) is 0.627. The molecule has 6 heteroatoms. The SMILES string of the molecule is O=C(O)CC1(c2ccccc2C(F)(F)F)C=C(OCCc2ccccc2)C=CC1. The Bertz CT molecular complexity index is 916. The summed E-state index contributed by atoms with van der Waals surface area (Å²) in [5.41, 5.74) is -1.12. The van der Waals surface area contributed by atoms with Gasteiger partial charge in [0.25, 0.3) is 0 Å². The Balaban J connectivity index is 1.90. The summed E-state index contributed by atoms with van der Waals surface area (Å²) in [4.78, 5) is 11.5. The number of benzene rings is 2. The van der Waals surface area contributed by atoms with Gasteiger partial charge in [-0.05, 0) is 35.8 Å². The molecule has 29 heavy (non-hydrogen) atoms. The second-order valence-electron chi connectivity index (χ2n) is 7.01. The molecule has 1 aliphatic carbocycles. The van der Waals surface area contributed by atoms with Gasteiger partial charge >= 0.3 is 12.1 Å². The van der Waals surface area contributed by atoms with Crippen LogP contribution in [0.25, 0.3) is 0 Å². The first kappa shape index (κ1) is 20.7. The largest absolute Gasteiger partial charge is 0.494 e. The highest BCUT2D eigenvalue weighted by atomic mass is 19.4. The molecule has 2 aromatic carbocycles. The first-order valence-corrected chi connectivity index (χ1v) is 9.25. The number of ether oxygens (including phenoxy) is 1. The number of carboxylic acids is 1. The first-order chi connectivity index (χ1) is 13.8. The molecular weight excluding hydrogens is 381 g/mol. The topological polar surface area (TPSA) is 46.5 Å². The van der Waals surface area contributed by atoms with E-state index < -0.39 is 29.5 Å². The summed E-state index contributed by atoms with van der Waals surface area (Å²) in [7, 11) is 0. The third kappa shape index (κ3) is 5.08. The van der Waals surface area contributed by atoms with Crippen molar-refractivity contribution in [3.05, 3.63) is 95.3 Å². The fraction of sp³-hybridized carbons (Fsp3) is 0.261. The molecule has 152 valence electrons. The number of carboxylic acid groups (broad SMARTS) is 1. The van der Waals surface area contributed by atoms with Gasteiger partial charge in [0, 0.05) is 11.8 Å². The third-order valence-corrected chi connectivity index (χ3v) is 4.92. The first-order valence-electron chi connectivity index (χ1n) is 9.25. The Hall–Kier alpha value is -3.02. The Morgan fingerprint density at radius 3 is 2.45 bits per heavy atom. The number of carbonyl (C=O) groups is 1. The van der Waals surface area contributed by atoms with Crippen molar-refractivity contribution < 1.29 is 27.8 Å². The average molecular weight is 402 g/mol. The molecule has 0 spiro atoms. The summed E-state index contributed by atoms with van der Waals surface area (Å²) in [5.74, 6) is -0.789. The normalized spacial score (nSPS) is 18.9.